The van der Waals surface area contributed by atoms with Gasteiger partial charge in [-0.2, -0.15) is 0 Å². The first-order valence-corrected chi connectivity index (χ1v) is 8.37. The Bertz CT molecular complexity index is 476. The van der Waals surface area contributed by atoms with E-state index in [0.29, 0.717) is 0 Å². The molecule has 3 heteroatoms. The van der Waals surface area contributed by atoms with Crippen molar-refractivity contribution in [2.24, 2.45) is 0 Å². The molecule has 0 radical (unpaired) electrons. The Morgan fingerprint density at radius 2 is 2.24 bits per heavy atom. The van der Waals surface area contributed by atoms with Crippen molar-refractivity contribution in [3.05, 3.63) is 35.4 Å². The molecule has 0 aliphatic carbocycles. The van der Waals surface area contributed by atoms with Crippen molar-refractivity contribution in [3.63, 3.8) is 0 Å². The highest BCUT2D eigenvalue weighted by Crippen LogP contribution is 2.28. The Morgan fingerprint density at radius 3 is 3.10 bits per heavy atom. The first kappa shape index (κ1) is 15.0. The van der Waals surface area contributed by atoms with Crippen molar-refractivity contribution >= 4 is 0 Å². The molecular weight excluding hydrogens is 260 g/mol. The van der Waals surface area contributed by atoms with E-state index in [2.05, 4.69) is 48.3 Å². The summed E-state index contributed by atoms with van der Waals surface area (Å²) in [6.07, 6.45) is 3.70. The fraction of sp³-hybridized carbons (Fsp3) is 0.667. The van der Waals surface area contributed by atoms with Gasteiger partial charge in [-0.1, -0.05) is 31.2 Å². The lowest BCUT2D eigenvalue weighted by molar-refractivity contribution is 0.0128. The molecule has 1 aromatic rings. The maximum Gasteiger partial charge on any atom is 0.0954 e. The standard InChI is InChI=1S/C18H28N2O/c1-3-18(2)14-20(11-6-10-19-18)13-17-16-8-5-4-7-15(16)9-12-21-17/h4-5,7-8,17,19H,3,6,9-14H2,1-2H3. The quantitative estimate of drug-likeness (QED) is 0.925. The number of benzene rings is 1. The van der Waals surface area contributed by atoms with Crippen LogP contribution in [0.5, 0.6) is 0 Å². The third-order valence-electron chi connectivity index (χ3n) is 5.07. The summed E-state index contributed by atoms with van der Waals surface area (Å²) in [4.78, 5) is 2.59. The molecule has 116 valence electrons. The molecule has 0 aromatic heterocycles. The summed E-state index contributed by atoms with van der Waals surface area (Å²) in [6.45, 7) is 9.93. The molecule has 1 aromatic carbocycles. The van der Waals surface area contributed by atoms with Crippen LogP contribution in [-0.4, -0.2) is 43.2 Å². The van der Waals surface area contributed by atoms with Gasteiger partial charge in [-0.15, -0.1) is 0 Å². The summed E-state index contributed by atoms with van der Waals surface area (Å²) in [7, 11) is 0. The summed E-state index contributed by atoms with van der Waals surface area (Å²) in [5, 5.41) is 3.71. The van der Waals surface area contributed by atoms with Crippen LogP contribution in [0.3, 0.4) is 0 Å². The lowest BCUT2D eigenvalue weighted by Gasteiger charge is -2.35. The number of nitrogens with zero attached hydrogens (tertiary/aromatic N) is 1. The van der Waals surface area contributed by atoms with E-state index in [1.165, 1.54) is 30.5 Å². The summed E-state index contributed by atoms with van der Waals surface area (Å²) in [6, 6.07) is 8.78. The van der Waals surface area contributed by atoms with Crippen molar-refractivity contribution in [2.75, 3.05) is 32.8 Å². The van der Waals surface area contributed by atoms with Gasteiger partial charge in [-0.25, -0.2) is 0 Å². The van der Waals surface area contributed by atoms with Gasteiger partial charge >= 0.3 is 0 Å². The maximum absolute atomic E-state index is 6.09. The average molecular weight is 288 g/mol. The van der Waals surface area contributed by atoms with E-state index < -0.39 is 0 Å². The minimum absolute atomic E-state index is 0.241. The zero-order valence-corrected chi connectivity index (χ0v) is 13.4. The minimum atomic E-state index is 0.241. The molecule has 1 saturated heterocycles. The van der Waals surface area contributed by atoms with Crippen LogP contribution in [0, 0.1) is 0 Å². The molecule has 1 fully saturated rings. The SMILES string of the molecule is CCC1(C)CN(CC2OCCc3ccccc32)CCCN1. The van der Waals surface area contributed by atoms with Crippen LogP contribution in [0.15, 0.2) is 24.3 Å². The van der Waals surface area contributed by atoms with Crippen LogP contribution in [0.4, 0.5) is 0 Å². The van der Waals surface area contributed by atoms with Crippen molar-refractivity contribution < 1.29 is 4.74 Å². The van der Waals surface area contributed by atoms with Gasteiger partial charge in [0.05, 0.1) is 12.7 Å². The Morgan fingerprint density at radius 1 is 1.38 bits per heavy atom. The summed E-state index contributed by atoms with van der Waals surface area (Å²) < 4.78 is 6.09. The van der Waals surface area contributed by atoms with Crippen LogP contribution in [0.1, 0.15) is 43.9 Å². The highest BCUT2D eigenvalue weighted by molar-refractivity contribution is 5.31. The lowest BCUT2D eigenvalue weighted by Crippen LogP contribution is -2.49. The molecule has 3 rings (SSSR count). The zero-order chi connectivity index (χ0) is 14.7. The van der Waals surface area contributed by atoms with Crippen LogP contribution < -0.4 is 5.32 Å². The van der Waals surface area contributed by atoms with E-state index >= 15 is 0 Å². The van der Waals surface area contributed by atoms with E-state index in [1.807, 2.05) is 0 Å². The molecule has 2 unspecified atom stereocenters. The maximum atomic E-state index is 6.09. The van der Waals surface area contributed by atoms with Gasteiger partial charge in [0.25, 0.3) is 0 Å². The first-order chi connectivity index (χ1) is 10.2. The topological polar surface area (TPSA) is 24.5 Å². The van der Waals surface area contributed by atoms with Crippen LogP contribution in [0.2, 0.25) is 0 Å². The molecule has 2 aliphatic heterocycles. The van der Waals surface area contributed by atoms with Crippen molar-refractivity contribution in [1.29, 1.82) is 0 Å². The number of fused-ring (bicyclic) bond motifs is 1. The Kier molecular flexibility index (Phi) is 4.63. The summed E-state index contributed by atoms with van der Waals surface area (Å²) in [5.74, 6) is 0. The molecule has 0 saturated carbocycles. The van der Waals surface area contributed by atoms with E-state index in [1.54, 1.807) is 0 Å². The van der Waals surface area contributed by atoms with Gasteiger partial charge in [0, 0.05) is 18.6 Å². The van der Waals surface area contributed by atoms with E-state index in [9.17, 15) is 0 Å². The third-order valence-corrected chi connectivity index (χ3v) is 5.07. The third kappa shape index (κ3) is 3.47. The zero-order valence-electron chi connectivity index (χ0n) is 13.4. The van der Waals surface area contributed by atoms with Gasteiger partial charge in [-0.3, -0.25) is 4.90 Å². The second-order valence-corrected chi connectivity index (χ2v) is 6.74. The Labute approximate surface area is 128 Å². The van der Waals surface area contributed by atoms with Gasteiger partial charge in [-0.05, 0) is 50.4 Å². The van der Waals surface area contributed by atoms with Crippen LogP contribution >= 0.6 is 0 Å². The minimum Gasteiger partial charge on any atom is -0.372 e. The van der Waals surface area contributed by atoms with Crippen molar-refractivity contribution in [3.8, 4) is 0 Å². The molecule has 2 heterocycles. The first-order valence-electron chi connectivity index (χ1n) is 8.37. The fourth-order valence-corrected chi connectivity index (χ4v) is 3.58. The number of ether oxygens (including phenoxy) is 1. The second-order valence-electron chi connectivity index (χ2n) is 6.74. The van der Waals surface area contributed by atoms with Crippen molar-refractivity contribution in [1.82, 2.24) is 10.2 Å². The number of hydrogen-bond acceptors (Lipinski definition) is 3. The van der Waals surface area contributed by atoms with Gasteiger partial charge < -0.3 is 10.1 Å². The van der Waals surface area contributed by atoms with Crippen LogP contribution in [-0.2, 0) is 11.2 Å². The highest BCUT2D eigenvalue weighted by atomic mass is 16.5. The number of nitrogens with one attached hydrogen (secondary N) is 1. The van der Waals surface area contributed by atoms with E-state index in [0.717, 1.165) is 32.7 Å². The van der Waals surface area contributed by atoms with Gasteiger partial charge in [0.1, 0.15) is 0 Å². The van der Waals surface area contributed by atoms with Gasteiger partial charge in [0.2, 0.25) is 0 Å². The Hall–Kier alpha value is -0.900. The average Bonchev–Trinajstić information content (AvgIpc) is 2.70. The lowest BCUT2D eigenvalue weighted by atomic mass is 9.95. The molecule has 0 bridgehead atoms. The normalized spacial score (nSPS) is 30.7. The molecule has 21 heavy (non-hydrogen) atoms. The second kappa shape index (κ2) is 6.47. The van der Waals surface area contributed by atoms with E-state index in [4.69, 9.17) is 4.74 Å². The highest BCUT2D eigenvalue weighted by Gasteiger charge is 2.30. The number of rotatable bonds is 3. The van der Waals surface area contributed by atoms with E-state index in [-0.39, 0.29) is 11.6 Å². The predicted octanol–water partition coefficient (Wildman–Crippen LogP) is 2.76. The Balaban J connectivity index is 1.71. The molecule has 0 spiro atoms. The molecule has 0 amide bonds. The molecular formula is C18H28N2O. The summed E-state index contributed by atoms with van der Waals surface area (Å²) >= 11 is 0. The fourth-order valence-electron chi connectivity index (χ4n) is 3.58. The van der Waals surface area contributed by atoms with Crippen molar-refractivity contribution in [2.45, 2.75) is 44.8 Å². The number of hydrogen-bond donors (Lipinski definition) is 1. The largest absolute Gasteiger partial charge is 0.372 e. The smallest absolute Gasteiger partial charge is 0.0954 e. The monoisotopic (exact) mass is 288 g/mol. The summed E-state index contributed by atoms with van der Waals surface area (Å²) in [5.41, 5.74) is 3.11. The molecule has 2 aliphatic rings. The molecule has 3 nitrogen and oxygen atoms in total. The predicted molar refractivity (Wildman–Crippen MR) is 86.6 cm³/mol. The molecule has 2 atom stereocenters. The van der Waals surface area contributed by atoms with Gasteiger partial charge in [0.15, 0.2) is 0 Å². The van der Waals surface area contributed by atoms with Crippen LogP contribution in [0.25, 0.3) is 0 Å². The molecule has 1 N–H and O–H groups in total.